The van der Waals surface area contributed by atoms with E-state index in [9.17, 15) is 4.79 Å². The van der Waals surface area contributed by atoms with E-state index in [0.29, 0.717) is 12.4 Å². The SMILES string of the molecule is Cc1ccc(OCC2(CC(=O)O)CC2)cn1. The number of carboxylic acid groups (broad SMARTS) is 1. The molecule has 1 aromatic heterocycles. The molecule has 0 spiro atoms. The van der Waals surface area contributed by atoms with Gasteiger partial charge in [0, 0.05) is 11.1 Å². The Morgan fingerprint density at radius 2 is 2.31 bits per heavy atom. The van der Waals surface area contributed by atoms with E-state index in [1.54, 1.807) is 6.20 Å². The number of hydrogen-bond donors (Lipinski definition) is 1. The monoisotopic (exact) mass is 221 g/mol. The summed E-state index contributed by atoms with van der Waals surface area (Å²) in [6, 6.07) is 3.74. The minimum absolute atomic E-state index is 0.128. The quantitative estimate of drug-likeness (QED) is 0.826. The first-order valence-electron chi connectivity index (χ1n) is 5.37. The van der Waals surface area contributed by atoms with Crippen LogP contribution in [-0.4, -0.2) is 22.7 Å². The largest absolute Gasteiger partial charge is 0.491 e. The van der Waals surface area contributed by atoms with Crippen LogP contribution in [0.4, 0.5) is 0 Å². The van der Waals surface area contributed by atoms with Crippen molar-refractivity contribution in [2.75, 3.05) is 6.61 Å². The predicted octanol–water partition coefficient (Wildman–Crippen LogP) is 2.02. The third kappa shape index (κ3) is 2.72. The molecule has 2 rings (SSSR count). The summed E-state index contributed by atoms with van der Waals surface area (Å²) in [7, 11) is 0. The van der Waals surface area contributed by atoms with E-state index in [1.807, 2.05) is 19.1 Å². The Morgan fingerprint density at radius 1 is 1.56 bits per heavy atom. The molecular weight excluding hydrogens is 206 g/mol. The molecule has 0 aliphatic heterocycles. The average Bonchev–Trinajstić information content (AvgIpc) is 2.97. The van der Waals surface area contributed by atoms with Gasteiger partial charge in [0.25, 0.3) is 0 Å². The maximum absolute atomic E-state index is 10.6. The van der Waals surface area contributed by atoms with Crippen LogP contribution in [0.2, 0.25) is 0 Å². The number of aryl methyl sites for hydroxylation is 1. The summed E-state index contributed by atoms with van der Waals surface area (Å²) in [5.41, 5.74) is 0.815. The second kappa shape index (κ2) is 4.12. The molecule has 0 unspecified atom stereocenters. The number of aromatic nitrogens is 1. The fourth-order valence-corrected chi connectivity index (χ4v) is 1.65. The van der Waals surface area contributed by atoms with E-state index in [1.165, 1.54) is 0 Å². The summed E-state index contributed by atoms with van der Waals surface area (Å²) in [5, 5.41) is 8.75. The van der Waals surface area contributed by atoms with Gasteiger partial charge in [0.1, 0.15) is 5.75 Å². The Kier molecular flexibility index (Phi) is 2.81. The third-order valence-corrected chi connectivity index (χ3v) is 2.91. The van der Waals surface area contributed by atoms with E-state index in [4.69, 9.17) is 9.84 Å². The lowest BCUT2D eigenvalue weighted by atomic mass is 10.0. The summed E-state index contributed by atoms with van der Waals surface area (Å²) in [6.45, 7) is 2.39. The van der Waals surface area contributed by atoms with Crippen LogP contribution in [-0.2, 0) is 4.79 Å². The Hall–Kier alpha value is -1.58. The highest BCUT2D eigenvalue weighted by Crippen LogP contribution is 2.48. The molecule has 1 heterocycles. The van der Waals surface area contributed by atoms with Gasteiger partial charge in [-0.2, -0.15) is 0 Å². The standard InChI is InChI=1S/C12H15NO3/c1-9-2-3-10(7-13-9)16-8-12(4-5-12)6-11(14)15/h2-3,7H,4-6,8H2,1H3,(H,14,15). The first kappa shape index (κ1) is 10.9. The highest BCUT2D eigenvalue weighted by molar-refractivity contribution is 5.68. The topological polar surface area (TPSA) is 59.4 Å². The second-order valence-electron chi connectivity index (χ2n) is 4.49. The van der Waals surface area contributed by atoms with E-state index in [0.717, 1.165) is 18.5 Å². The minimum Gasteiger partial charge on any atom is -0.491 e. The van der Waals surface area contributed by atoms with Crippen molar-refractivity contribution in [2.24, 2.45) is 5.41 Å². The van der Waals surface area contributed by atoms with Gasteiger partial charge in [-0.3, -0.25) is 9.78 Å². The van der Waals surface area contributed by atoms with Gasteiger partial charge in [-0.1, -0.05) is 0 Å². The molecule has 0 amide bonds. The van der Waals surface area contributed by atoms with Gasteiger partial charge >= 0.3 is 5.97 Å². The Bertz CT molecular complexity index is 382. The smallest absolute Gasteiger partial charge is 0.304 e. The van der Waals surface area contributed by atoms with Gasteiger partial charge in [0.15, 0.2) is 0 Å². The molecular formula is C12H15NO3. The van der Waals surface area contributed by atoms with E-state index in [-0.39, 0.29) is 11.8 Å². The molecule has 0 bridgehead atoms. The molecule has 1 aromatic rings. The molecule has 1 fully saturated rings. The van der Waals surface area contributed by atoms with Crippen molar-refractivity contribution in [3.8, 4) is 5.75 Å². The molecule has 16 heavy (non-hydrogen) atoms. The Morgan fingerprint density at radius 3 is 2.81 bits per heavy atom. The second-order valence-corrected chi connectivity index (χ2v) is 4.49. The summed E-state index contributed by atoms with van der Waals surface area (Å²) < 4.78 is 5.56. The number of hydrogen-bond acceptors (Lipinski definition) is 3. The molecule has 0 aromatic carbocycles. The number of nitrogens with zero attached hydrogens (tertiary/aromatic N) is 1. The van der Waals surface area contributed by atoms with Crippen LogP contribution in [0.15, 0.2) is 18.3 Å². The van der Waals surface area contributed by atoms with E-state index < -0.39 is 5.97 Å². The molecule has 86 valence electrons. The number of pyridine rings is 1. The lowest BCUT2D eigenvalue weighted by Gasteiger charge is -2.13. The fourth-order valence-electron chi connectivity index (χ4n) is 1.65. The maximum Gasteiger partial charge on any atom is 0.304 e. The van der Waals surface area contributed by atoms with Crippen LogP contribution in [0, 0.1) is 12.3 Å². The van der Waals surface area contributed by atoms with Gasteiger partial charge in [-0.15, -0.1) is 0 Å². The van der Waals surface area contributed by atoms with Gasteiger partial charge < -0.3 is 9.84 Å². The zero-order valence-corrected chi connectivity index (χ0v) is 9.27. The van der Waals surface area contributed by atoms with Crippen LogP contribution >= 0.6 is 0 Å². The van der Waals surface area contributed by atoms with Crippen molar-refractivity contribution in [3.05, 3.63) is 24.0 Å². The number of ether oxygens (including phenoxy) is 1. The lowest BCUT2D eigenvalue weighted by molar-refractivity contribution is -0.138. The molecule has 4 heteroatoms. The predicted molar refractivity (Wildman–Crippen MR) is 58.4 cm³/mol. The summed E-state index contributed by atoms with van der Waals surface area (Å²) in [4.78, 5) is 14.8. The minimum atomic E-state index is -0.747. The molecule has 0 radical (unpaired) electrons. The van der Waals surface area contributed by atoms with Crippen molar-refractivity contribution in [2.45, 2.75) is 26.2 Å². The molecule has 1 aliphatic rings. The van der Waals surface area contributed by atoms with E-state index >= 15 is 0 Å². The van der Waals surface area contributed by atoms with Crippen molar-refractivity contribution >= 4 is 5.97 Å². The lowest BCUT2D eigenvalue weighted by Crippen LogP contribution is -2.17. The normalized spacial score (nSPS) is 16.8. The molecule has 4 nitrogen and oxygen atoms in total. The van der Waals surface area contributed by atoms with Crippen molar-refractivity contribution in [1.82, 2.24) is 4.98 Å². The first-order valence-corrected chi connectivity index (χ1v) is 5.37. The highest BCUT2D eigenvalue weighted by Gasteiger charge is 2.45. The maximum atomic E-state index is 10.6. The average molecular weight is 221 g/mol. The van der Waals surface area contributed by atoms with Gasteiger partial charge in [0.05, 0.1) is 19.2 Å². The molecule has 0 atom stereocenters. The Labute approximate surface area is 94.3 Å². The summed E-state index contributed by atoms with van der Waals surface area (Å²) in [6.07, 6.45) is 3.76. The van der Waals surface area contributed by atoms with Crippen molar-refractivity contribution in [1.29, 1.82) is 0 Å². The molecule has 1 N–H and O–H groups in total. The van der Waals surface area contributed by atoms with Crippen LogP contribution in [0.1, 0.15) is 25.0 Å². The highest BCUT2D eigenvalue weighted by atomic mass is 16.5. The van der Waals surface area contributed by atoms with Gasteiger partial charge in [-0.05, 0) is 31.9 Å². The van der Waals surface area contributed by atoms with Crippen molar-refractivity contribution < 1.29 is 14.6 Å². The van der Waals surface area contributed by atoms with Gasteiger partial charge in [0.2, 0.25) is 0 Å². The number of carbonyl (C=O) groups is 1. The van der Waals surface area contributed by atoms with Crippen LogP contribution < -0.4 is 4.74 Å². The number of rotatable bonds is 5. The van der Waals surface area contributed by atoms with Crippen LogP contribution in [0.3, 0.4) is 0 Å². The summed E-state index contributed by atoms with van der Waals surface area (Å²) in [5.74, 6) is -0.0367. The molecule has 1 aliphatic carbocycles. The zero-order chi connectivity index (χ0) is 11.6. The number of aliphatic carboxylic acids is 1. The van der Waals surface area contributed by atoms with Gasteiger partial charge in [-0.25, -0.2) is 0 Å². The molecule has 1 saturated carbocycles. The van der Waals surface area contributed by atoms with Crippen LogP contribution in [0.25, 0.3) is 0 Å². The van der Waals surface area contributed by atoms with Crippen LogP contribution in [0.5, 0.6) is 5.75 Å². The third-order valence-electron chi connectivity index (χ3n) is 2.91. The Balaban J connectivity index is 1.87. The molecule has 0 saturated heterocycles. The van der Waals surface area contributed by atoms with E-state index in [2.05, 4.69) is 4.98 Å². The summed E-state index contributed by atoms with van der Waals surface area (Å²) >= 11 is 0. The van der Waals surface area contributed by atoms with Crippen molar-refractivity contribution in [3.63, 3.8) is 0 Å². The fraction of sp³-hybridized carbons (Fsp3) is 0.500. The first-order chi connectivity index (χ1) is 7.60. The zero-order valence-electron chi connectivity index (χ0n) is 9.27. The number of carboxylic acids is 1.